The van der Waals surface area contributed by atoms with Crippen LogP contribution in [0.4, 0.5) is 0 Å². The van der Waals surface area contributed by atoms with Gasteiger partial charge in [0.25, 0.3) is 0 Å². The second-order valence-corrected chi connectivity index (χ2v) is 13.7. The molecule has 0 fully saturated rings. The van der Waals surface area contributed by atoms with Crippen molar-refractivity contribution in [1.29, 1.82) is 0 Å². The van der Waals surface area contributed by atoms with Crippen LogP contribution < -0.4 is 0 Å². The Morgan fingerprint density at radius 2 is 1.15 bits per heavy atom. The van der Waals surface area contributed by atoms with Crippen LogP contribution in [-0.2, 0) is 32.7 Å². The van der Waals surface area contributed by atoms with E-state index in [0.717, 1.165) is 12.8 Å². The number of nitrogens with zero attached hydrogens (tertiary/aromatic N) is 1. The van der Waals surface area contributed by atoms with Crippen molar-refractivity contribution in [1.82, 2.24) is 0 Å². The SMILES string of the molecule is CCCCCCCCCCCCCCCCCCC(=O)OC(COC(=O)CCC)COP(=O)(O)OCC[N+](C)(C)C. The Labute approximate surface area is 251 Å². The van der Waals surface area contributed by atoms with Gasteiger partial charge in [0.05, 0.1) is 27.7 Å². The molecule has 0 aliphatic heterocycles. The normalized spacial score (nSPS) is 14.0. The highest BCUT2D eigenvalue weighted by molar-refractivity contribution is 7.47. The lowest BCUT2D eigenvalue weighted by Gasteiger charge is -2.24. The van der Waals surface area contributed by atoms with Gasteiger partial charge in [-0.05, 0) is 12.8 Å². The average molecular weight is 609 g/mol. The zero-order chi connectivity index (χ0) is 30.8. The molecule has 41 heavy (non-hydrogen) atoms. The number of phosphoric acid groups is 1. The van der Waals surface area contributed by atoms with E-state index in [1.807, 2.05) is 28.1 Å². The molecule has 0 bridgehead atoms. The Kier molecular flexibility index (Phi) is 24.9. The molecule has 0 aromatic heterocycles. The number of hydrogen-bond donors (Lipinski definition) is 1. The summed E-state index contributed by atoms with van der Waals surface area (Å²) in [4.78, 5) is 34.1. The number of likely N-dealkylation sites (N-methyl/N-ethyl adjacent to an activating group) is 1. The minimum absolute atomic E-state index is 0.0342. The van der Waals surface area contributed by atoms with Crippen LogP contribution in [0.5, 0.6) is 0 Å². The molecule has 244 valence electrons. The van der Waals surface area contributed by atoms with E-state index in [9.17, 15) is 19.0 Å². The molecule has 0 radical (unpaired) electrons. The molecular formula is C31H63NO8P+. The molecule has 10 heteroatoms. The Morgan fingerprint density at radius 3 is 1.61 bits per heavy atom. The number of phosphoric ester groups is 1. The minimum Gasteiger partial charge on any atom is -0.462 e. The summed E-state index contributed by atoms with van der Waals surface area (Å²) in [5, 5.41) is 0. The highest BCUT2D eigenvalue weighted by Crippen LogP contribution is 2.43. The van der Waals surface area contributed by atoms with Gasteiger partial charge >= 0.3 is 19.8 Å². The van der Waals surface area contributed by atoms with E-state index in [1.54, 1.807) is 0 Å². The standard InChI is InChI=1S/C31H62NO8P/c1-6-8-9-10-11-12-13-14-15-16-17-18-19-20-21-22-24-31(34)40-29(27-37-30(33)23-7-2)28-39-41(35,36)38-26-25-32(3,4)5/h29H,6-28H2,1-5H3/p+1. The fourth-order valence-corrected chi connectivity index (χ4v) is 5.03. The summed E-state index contributed by atoms with van der Waals surface area (Å²) in [6.45, 7) is 4.03. The molecule has 0 spiro atoms. The largest absolute Gasteiger partial charge is 0.472 e. The van der Waals surface area contributed by atoms with Gasteiger partial charge in [-0.1, -0.05) is 110 Å². The van der Waals surface area contributed by atoms with E-state index in [0.29, 0.717) is 23.9 Å². The number of quaternary nitrogens is 1. The number of esters is 2. The highest BCUT2D eigenvalue weighted by Gasteiger charge is 2.27. The van der Waals surface area contributed by atoms with Crippen molar-refractivity contribution < 1.29 is 42.1 Å². The molecule has 0 saturated carbocycles. The van der Waals surface area contributed by atoms with Crippen LogP contribution in [0.1, 0.15) is 136 Å². The molecule has 9 nitrogen and oxygen atoms in total. The van der Waals surface area contributed by atoms with Gasteiger partial charge in [-0.3, -0.25) is 18.6 Å². The van der Waals surface area contributed by atoms with E-state index in [4.69, 9.17) is 18.5 Å². The summed E-state index contributed by atoms with van der Waals surface area (Å²) in [7, 11) is 1.48. The molecule has 0 aliphatic rings. The maximum absolute atomic E-state index is 12.4. The lowest BCUT2D eigenvalue weighted by Crippen LogP contribution is -2.37. The number of unbranched alkanes of at least 4 members (excludes halogenated alkanes) is 15. The Bertz CT molecular complexity index is 698. The average Bonchev–Trinajstić information content (AvgIpc) is 2.89. The van der Waals surface area contributed by atoms with Gasteiger partial charge in [0.15, 0.2) is 6.10 Å². The Hall–Kier alpha value is -0.990. The maximum Gasteiger partial charge on any atom is 0.472 e. The summed E-state index contributed by atoms with van der Waals surface area (Å²) >= 11 is 0. The van der Waals surface area contributed by atoms with Gasteiger partial charge in [-0.15, -0.1) is 0 Å². The quantitative estimate of drug-likeness (QED) is 0.0398. The van der Waals surface area contributed by atoms with Crippen LogP contribution in [-0.4, -0.2) is 74.9 Å². The third kappa shape index (κ3) is 28.9. The predicted octanol–water partition coefficient (Wildman–Crippen LogP) is 7.73. The summed E-state index contributed by atoms with van der Waals surface area (Å²) in [5.74, 6) is -0.855. The van der Waals surface area contributed by atoms with E-state index in [1.165, 1.54) is 83.5 Å². The van der Waals surface area contributed by atoms with Gasteiger partial charge in [-0.2, -0.15) is 0 Å². The first-order chi connectivity index (χ1) is 19.5. The summed E-state index contributed by atoms with van der Waals surface area (Å²) < 4.78 is 33.4. The molecule has 1 N–H and O–H groups in total. The van der Waals surface area contributed by atoms with Crippen LogP contribution in [0.25, 0.3) is 0 Å². The molecular weight excluding hydrogens is 545 g/mol. The first-order valence-electron chi connectivity index (χ1n) is 16.3. The fraction of sp³-hybridized carbons (Fsp3) is 0.935. The second-order valence-electron chi connectivity index (χ2n) is 12.2. The molecule has 0 aromatic carbocycles. The van der Waals surface area contributed by atoms with Crippen molar-refractivity contribution >= 4 is 19.8 Å². The summed E-state index contributed by atoms with van der Waals surface area (Å²) in [5.41, 5.74) is 0. The van der Waals surface area contributed by atoms with Crippen LogP contribution >= 0.6 is 7.82 Å². The molecule has 0 rings (SSSR count). The number of carbonyl (C=O) groups excluding carboxylic acids is 2. The van der Waals surface area contributed by atoms with Gasteiger partial charge in [0, 0.05) is 12.8 Å². The lowest BCUT2D eigenvalue weighted by atomic mass is 10.0. The fourth-order valence-electron chi connectivity index (χ4n) is 4.29. The number of rotatable bonds is 29. The van der Waals surface area contributed by atoms with Gasteiger partial charge in [0.2, 0.25) is 0 Å². The molecule has 0 amide bonds. The van der Waals surface area contributed by atoms with Crippen molar-refractivity contribution in [3.05, 3.63) is 0 Å². The molecule has 0 saturated heterocycles. The number of ether oxygens (including phenoxy) is 2. The van der Waals surface area contributed by atoms with E-state index in [2.05, 4.69) is 6.92 Å². The van der Waals surface area contributed by atoms with Crippen molar-refractivity contribution in [2.45, 2.75) is 142 Å². The molecule has 2 atom stereocenters. The Balaban J connectivity index is 4.11. The van der Waals surface area contributed by atoms with Crippen molar-refractivity contribution in [3.63, 3.8) is 0 Å². The van der Waals surface area contributed by atoms with Gasteiger partial charge in [-0.25, -0.2) is 4.57 Å². The van der Waals surface area contributed by atoms with Crippen LogP contribution in [0.2, 0.25) is 0 Å². The third-order valence-electron chi connectivity index (χ3n) is 6.86. The maximum atomic E-state index is 12.4. The number of carbonyl (C=O) groups is 2. The first kappa shape index (κ1) is 40.0. The van der Waals surface area contributed by atoms with Crippen molar-refractivity contribution in [2.24, 2.45) is 0 Å². The van der Waals surface area contributed by atoms with E-state index < -0.39 is 32.5 Å². The van der Waals surface area contributed by atoms with Crippen molar-refractivity contribution in [2.75, 3.05) is 47.5 Å². The monoisotopic (exact) mass is 608 g/mol. The smallest absolute Gasteiger partial charge is 0.462 e. The molecule has 2 unspecified atom stereocenters. The zero-order valence-electron chi connectivity index (χ0n) is 27.0. The lowest BCUT2D eigenvalue weighted by molar-refractivity contribution is -0.870. The van der Waals surface area contributed by atoms with Crippen LogP contribution in [0.15, 0.2) is 0 Å². The molecule has 0 heterocycles. The van der Waals surface area contributed by atoms with E-state index >= 15 is 0 Å². The topological polar surface area (TPSA) is 108 Å². The number of hydrogen-bond acceptors (Lipinski definition) is 7. The van der Waals surface area contributed by atoms with Crippen LogP contribution in [0.3, 0.4) is 0 Å². The molecule has 0 aromatic rings. The zero-order valence-corrected chi connectivity index (χ0v) is 27.9. The minimum atomic E-state index is -4.33. The first-order valence-corrected chi connectivity index (χ1v) is 17.8. The van der Waals surface area contributed by atoms with Crippen LogP contribution in [0, 0.1) is 0 Å². The summed E-state index contributed by atoms with van der Waals surface area (Å²) in [6.07, 6.45) is 20.2. The predicted molar refractivity (Wildman–Crippen MR) is 165 cm³/mol. The highest BCUT2D eigenvalue weighted by atomic mass is 31.2. The van der Waals surface area contributed by atoms with Crippen molar-refractivity contribution in [3.8, 4) is 0 Å². The molecule has 0 aliphatic carbocycles. The van der Waals surface area contributed by atoms with E-state index in [-0.39, 0.29) is 26.1 Å². The van der Waals surface area contributed by atoms with Gasteiger partial charge in [0.1, 0.15) is 19.8 Å². The summed E-state index contributed by atoms with van der Waals surface area (Å²) in [6, 6.07) is 0. The second kappa shape index (κ2) is 25.5. The third-order valence-corrected chi connectivity index (χ3v) is 7.84. The van der Waals surface area contributed by atoms with Gasteiger partial charge < -0.3 is 18.9 Å². The Morgan fingerprint density at radius 1 is 0.659 bits per heavy atom.